The molecule has 0 bridgehead atoms. The van der Waals surface area contributed by atoms with Gasteiger partial charge in [0.05, 0.1) is 6.54 Å². The molecule has 2 heterocycles. The number of amides is 1. The van der Waals surface area contributed by atoms with Crippen molar-refractivity contribution < 1.29 is 10.1 Å². The summed E-state index contributed by atoms with van der Waals surface area (Å²) in [6.07, 6.45) is 14.4. The molecule has 1 aliphatic carbocycles. The summed E-state index contributed by atoms with van der Waals surface area (Å²) in [7, 11) is 2.12. The molecule has 0 spiro atoms. The molecule has 1 aliphatic heterocycles. The van der Waals surface area contributed by atoms with E-state index in [2.05, 4.69) is 47.3 Å². The maximum atomic E-state index is 12.4. The molecule has 120 valence electrons. The topological polar surface area (TPSA) is 49.8 Å². The highest BCUT2D eigenvalue weighted by Crippen LogP contribution is 2.21. The van der Waals surface area contributed by atoms with Crippen molar-refractivity contribution >= 4 is 11.5 Å². The molecule has 1 unspecified atom stereocenters. The van der Waals surface area contributed by atoms with Gasteiger partial charge in [-0.2, -0.15) is 0 Å². The van der Waals surface area contributed by atoms with Gasteiger partial charge in [0.2, 0.25) is 0 Å². The van der Waals surface area contributed by atoms with Crippen molar-refractivity contribution in [3.8, 4) is 0 Å². The second kappa shape index (κ2) is 7.49. The zero-order valence-corrected chi connectivity index (χ0v) is 13.6. The Morgan fingerprint density at radius 3 is 3.09 bits per heavy atom. The Kier molecular flexibility index (Phi) is 5.16. The molecule has 1 aromatic rings. The SMILES string of the molecule is CN1CC=C(c2ccnc(C(=O)[NH2+]CC3C=CC=CC3)c2)CC1. The summed E-state index contributed by atoms with van der Waals surface area (Å²) in [6, 6.07) is 3.94. The molecule has 1 atom stereocenters. The molecule has 4 heteroatoms. The van der Waals surface area contributed by atoms with E-state index >= 15 is 0 Å². The Hall–Kier alpha value is -2.04. The standard InChI is InChI=1S/C19H23N3O/c1-22-11-8-16(9-12-22)17-7-10-20-18(13-17)19(23)21-14-15-5-3-2-4-6-15/h2-5,7-8,10,13,15H,6,9,11-12,14H2,1H3,(H,21,23)/p+1. The summed E-state index contributed by atoms with van der Waals surface area (Å²) in [5.41, 5.74) is 3.00. The number of allylic oxidation sites excluding steroid dienone is 3. The first-order valence-corrected chi connectivity index (χ1v) is 8.27. The van der Waals surface area contributed by atoms with Gasteiger partial charge in [-0.25, -0.2) is 9.78 Å². The Morgan fingerprint density at radius 1 is 1.43 bits per heavy atom. The lowest BCUT2D eigenvalue weighted by atomic mass is 9.99. The molecular formula is C19H24N3O+. The van der Waals surface area contributed by atoms with Crippen LogP contribution in [-0.4, -0.2) is 42.5 Å². The normalized spacial score (nSPS) is 21.3. The summed E-state index contributed by atoms with van der Waals surface area (Å²) in [6.45, 7) is 2.80. The molecule has 0 saturated carbocycles. The van der Waals surface area contributed by atoms with Gasteiger partial charge in [0, 0.05) is 25.2 Å². The van der Waals surface area contributed by atoms with Gasteiger partial charge in [0.25, 0.3) is 0 Å². The lowest BCUT2D eigenvalue weighted by Gasteiger charge is -2.22. The second-order valence-electron chi connectivity index (χ2n) is 6.28. The predicted octanol–water partition coefficient (Wildman–Crippen LogP) is 1.64. The molecule has 1 aromatic heterocycles. The van der Waals surface area contributed by atoms with E-state index in [1.54, 1.807) is 11.5 Å². The van der Waals surface area contributed by atoms with Crippen molar-refractivity contribution in [2.75, 3.05) is 26.7 Å². The van der Waals surface area contributed by atoms with Gasteiger partial charge in [-0.05, 0) is 43.2 Å². The van der Waals surface area contributed by atoms with E-state index in [9.17, 15) is 4.79 Å². The van der Waals surface area contributed by atoms with E-state index < -0.39 is 0 Å². The molecule has 0 fully saturated rings. The molecule has 0 saturated heterocycles. The largest absolute Gasteiger partial charge is 0.361 e. The predicted molar refractivity (Wildman–Crippen MR) is 91.8 cm³/mol. The van der Waals surface area contributed by atoms with Crippen LogP contribution in [0.15, 0.2) is 48.7 Å². The number of nitrogens with zero attached hydrogens (tertiary/aromatic N) is 2. The lowest BCUT2D eigenvalue weighted by molar-refractivity contribution is -0.560. The van der Waals surface area contributed by atoms with Gasteiger partial charge >= 0.3 is 5.91 Å². The van der Waals surface area contributed by atoms with Crippen LogP contribution < -0.4 is 5.32 Å². The van der Waals surface area contributed by atoms with Gasteiger partial charge in [-0.15, -0.1) is 0 Å². The van der Waals surface area contributed by atoms with E-state index in [4.69, 9.17) is 0 Å². The fourth-order valence-corrected chi connectivity index (χ4v) is 2.97. The quantitative estimate of drug-likeness (QED) is 0.920. The Labute approximate surface area is 137 Å². The van der Waals surface area contributed by atoms with E-state index in [1.165, 1.54) is 5.57 Å². The number of pyridine rings is 1. The van der Waals surface area contributed by atoms with Gasteiger partial charge in [-0.1, -0.05) is 30.4 Å². The van der Waals surface area contributed by atoms with Crippen molar-refractivity contribution in [2.45, 2.75) is 12.8 Å². The number of hydrogen-bond acceptors (Lipinski definition) is 3. The first kappa shape index (κ1) is 15.8. The zero-order chi connectivity index (χ0) is 16.1. The maximum absolute atomic E-state index is 12.4. The molecule has 3 rings (SSSR count). The Morgan fingerprint density at radius 2 is 2.35 bits per heavy atom. The highest BCUT2D eigenvalue weighted by Gasteiger charge is 2.17. The van der Waals surface area contributed by atoms with Crippen LogP contribution in [-0.2, 0) is 0 Å². The van der Waals surface area contributed by atoms with E-state index in [-0.39, 0.29) is 5.91 Å². The van der Waals surface area contributed by atoms with Crippen LogP contribution in [0, 0.1) is 5.92 Å². The van der Waals surface area contributed by atoms with Crippen LogP contribution in [0.2, 0.25) is 0 Å². The van der Waals surface area contributed by atoms with Crippen LogP contribution in [0.3, 0.4) is 0 Å². The number of rotatable bonds is 4. The van der Waals surface area contributed by atoms with Crippen molar-refractivity contribution in [3.05, 3.63) is 60.0 Å². The summed E-state index contributed by atoms with van der Waals surface area (Å²) >= 11 is 0. The first-order valence-electron chi connectivity index (χ1n) is 8.27. The summed E-state index contributed by atoms with van der Waals surface area (Å²) in [5, 5.41) is 1.78. The number of quaternary nitrogens is 1. The average molecular weight is 310 g/mol. The number of hydrogen-bond donors (Lipinski definition) is 1. The highest BCUT2D eigenvalue weighted by molar-refractivity contribution is 5.85. The number of carbonyl (C=O) groups excluding carboxylic acids is 1. The summed E-state index contributed by atoms with van der Waals surface area (Å²) in [5.74, 6) is 0.465. The molecule has 1 amide bonds. The van der Waals surface area contributed by atoms with Gasteiger partial charge in [0.15, 0.2) is 5.69 Å². The van der Waals surface area contributed by atoms with Crippen LogP contribution in [0.5, 0.6) is 0 Å². The third kappa shape index (κ3) is 4.24. The third-order valence-corrected chi connectivity index (χ3v) is 4.47. The van der Waals surface area contributed by atoms with Gasteiger partial charge in [0.1, 0.15) is 0 Å². The minimum absolute atomic E-state index is 0.0309. The molecule has 2 N–H and O–H groups in total. The van der Waals surface area contributed by atoms with Gasteiger partial charge < -0.3 is 4.90 Å². The van der Waals surface area contributed by atoms with E-state index in [0.717, 1.165) is 38.0 Å². The van der Waals surface area contributed by atoms with Crippen molar-refractivity contribution in [1.82, 2.24) is 9.88 Å². The number of aromatic nitrogens is 1. The third-order valence-electron chi connectivity index (χ3n) is 4.47. The molecular weight excluding hydrogens is 286 g/mol. The fourth-order valence-electron chi connectivity index (χ4n) is 2.97. The fraction of sp³-hybridized carbons (Fsp3) is 0.368. The monoisotopic (exact) mass is 310 g/mol. The molecule has 23 heavy (non-hydrogen) atoms. The van der Waals surface area contributed by atoms with Gasteiger partial charge in [-0.3, -0.25) is 5.32 Å². The zero-order valence-electron chi connectivity index (χ0n) is 13.6. The Balaban J connectivity index is 1.63. The van der Waals surface area contributed by atoms with Crippen LogP contribution in [0.25, 0.3) is 5.57 Å². The minimum Gasteiger partial charge on any atom is -0.302 e. The second-order valence-corrected chi connectivity index (χ2v) is 6.28. The lowest BCUT2D eigenvalue weighted by Crippen LogP contribution is -2.89. The number of primary amides is 1. The van der Waals surface area contributed by atoms with Crippen molar-refractivity contribution in [3.63, 3.8) is 0 Å². The van der Waals surface area contributed by atoms with E-state index in [1.807, 2.05) is 12.1 Å². The maximum Gasteiger partial charge on any atom is 0.361 e. The highest BCUT2D eigenvalue weighted by atomic mass is 16.1. The van der Waals surface area contributed by atoms with E-state index in [0.29, 0.717) is 11.6 Å². The minimum atomic E-state index is 0.0309. The van der Waals surface area contributed by atoms with Crippen LogP contribution in [0.4, 0.5) is 0 Å². The Bertz CT molecular complexity index is 660. The smallest absolute Gasteiger partial charge is 0.302 e. The van der Waals surface area contributed by atoms with Crippen LogP contribution >= 0.6 is 0 Å². The molecule has 0 radical (unpaired) electrons. The molecule has 2 aliphatic rings. The van der Waals surface area contributed by atoms with Crippen molar-refractivity contribution in [1.29, 1.82) is 0 Å². The molecule has 0 aromatic carbocycles. The first-order chi connectivity index (χ1) is 11.2. The number of carbonyl (C=O) groups is 1. The van der Waals surface area contributed by atoms with Crippen molar-refractivity contribution in [2.24, 2.45) is 5.92 Å². The number of likely N-dealkylation sites (N-methyl/N-ethyl adjacent to an activating group) is 1. The summed E-state index contributed by atoms with van der Waals surface area (Å²) in [4.78, 5) is 18.9. The average Bonchev–Trinajstić information content (AvgIpc) is 2.61. The van der Waals surface area contributed by atoms with Crippen LogP contribution in [0.1, 0.15) is 28.9 Å². The number of nitrogens with two attached hydrogens (primary N) is 1. The summed E-state index contributed by atoms with van der Waals surface area (Å²) < 4.78 is 0. The molecule has 4 nitrogen and oxygen atoms in total.